The van der Waals surface area contributed by atoms with E-state index in [1.165, 1.54) is 17.2 Å². The molecule has 7 rings (SSSR count). The highest BCUT2D eigenvalue weighted by Gasteiger charge is 2.29. The molecule has 0 radical (unpaired) electrons. The first kappa shape index (κ1) is 26.6. The lowest BCUT2D eigenvalue weighted by atomic mass is 10.0. The molecular weight excluding hydrogens is 531 g/mol. The highest BCUT2D eigenvalue weighted by Crippen LogP contribution is 2.37. The zero-order valence-corrected chi connectivity index (χ0v) is 23.5. The molecular formula is C32H35FN8O. The first-order valence-corrected chi connectivity index (χ1v) is 14.8. The minimum Gasteiger partial charge on any atom is -0.383 e. The number of rotatable bonds is 6. The fourth-order valence-electron chi connectivity index (χ4n) is 6.68. The Balaban J connectivity index is 1.22. The van der Waals surface area contributed by atoms with Gasteiger partial charge in [-0.15, -0.1) is 0 Å². The number of aromatic nitrogens is 4. The van der Waals surface area contributed by atoms with Crippen LogP contribution < -0.4 is 16.0 Å². The SMILES string of the molecule is C=CC(=O)N1CCC(NC2CCc3cc(-n4c(-c5cccnc5N)nc5ccc(N6CC[C@H](F)C6)nc54)ccc32)CC1. The van der Waals surface area contributed by atoms with Gasteiger partial charge < -0.3 is 20.9 Å². The average molecular weight is 567 g/mol. The van der Waals surface area contributed by atoms with Crippen molar-refractivity contribution in [1.29, 1.82) is 0 Å². The number of nitrogens with one attached hydrogen (secondary N) is 1. The third kappa shape index (κ3) is 4.79. The Morgan fingerprint density at radius 2 is 1.93 bits per heavy atom. The van der Waals surface area contributed by atoms with Crippen molar-refractivity contribution in [3.05, 3.63) is 72.4 Å². The standard InChI is InChI=1S/C32H35FN8O/c1-2-29(42)39-16-12-22(13-17-39)36-26-8-5-20-18-23(6-7-24(20)26)41-31(25-4-3-14-35-30(25)34)37-27-9-10-28(38-32(27)41)40-15-11-21(33)19-40/h2-4,6-7,9-10,14,18,21-22,26,36H,1,5,8,11-13,15-17,19H2,(H2,34,35)/t21-,26?/m0/s1. The zero-order chi connectivity index (χ0) is 28.8. The van der Waals surface area contributed by atoms with E-state index < -0.39 is 6.17 Å². The number of hydrogen-bond acceptors (Lipinski definition) is 7. The number of nitrogens with zero attached hydrogens (tertiary/aromatic N) is 6. The molecule has 0 saturated carbocycles. The molecule has 0 spiro atoms. The van der Waals surface area contributed by atoms with Crippen LogP contribution in [0.3, 0.4) is 0 Å². The van der Waals surface area contributed by atoms with Crippen LogP contribution in [0.2, 0.25) is 0 Å². The number of likely N-dealkylation sites (tertiary alicyclic amines) is 1. The molecule has 1 aromatic carbocycles. The van der Waals surface area contributed by atoms with Crippen LogP contribution in [0.5, 0.6) is 0 Å². The van der Waals surface area contributed by atoms with Gasteiger partial charge in [-0.3, -0.25) is 9.36 Å². The van der Waals surface area contributed by atoms with E-state index in [0.717, 1.165) is 61.4 Å². The second-order valence-corrected chi connectivity index (χ2v) is 11.5. The normalized spacial score (nSPS) is 20.8. The molecule has 2 atom stereocenters. The van der Waals surface area contributed by atoms with E-state index in [2.05, 4.69) is 39.6 Å². The minimum atomic E-state index is -0.835. The van der Waals surface area contributed by atoms with E-state index in [1.807, 2.05) is 34.1 Å². The summed E-state index contributed by atoms with van der Waals surface area (Å²) in [5.74, 6) is 1.85. The first-order chi connectivity index (χ1) is 20.5. The summed E-state index contributed by atoms with van der Waals surface area (Å²) in [5, 5.41) is 3.87. The van der Waals surface area contributed by atoms with Crippen molar-refractivity contribution in [2.45, 2.75) is 50.4 Å². The lowest BCUT2D eigenvalue weighted by Crippen LogP contribution is -2.45. The molecule has 4 aromatic rings. The van der Waals surface area contributed by atoms with Crippen molar-refractivity contribution in [3.8, 4) is 17.1 Å². The fraction of sp³-hybridized carbons (Fsp3) is 0.375. The van der Waals surface area contributed by atoms with Gasteiger partial charge in [0, 0.05) is 43.6 Å². The van der Waals surface area contributed by atoms with Gasteiger partial charge in [0.1, 0.15) is 23.3 Å². The summed E-state index contributed by atoms with van der Waals surface area (Å²) < 4.78 is 16.1. The van der Waals surface area contributed by atoms with Gasteiger partial charge in [0.2, 0.25) is 5.91 Å². The Bertz CT molecular complexity index is 1660. The summed E-state index contributed by atoms with van der Waals surface area (Å²) in [6.45, 7) is 6.13. The number of piperidine rings is 1. The van der Waals surface area contributed by atoms with Gasteiger partial charge in [-0.25, -0.2) is 19.3 Å². The lowest BCUT2D eigenvalue weighted by molar-refractivity contribution is -0.127. The quantitative estimate of drug-likeness (QED) is 0.334. The molecule has 3 aromatic heterocycles. The fourth-order valence-corrected chi connectivity index (χ4v) is 6.68. The van der Waals surface area contributed by atoms with Crippen LogP contribution in [-0.2, 0) is 11.2 Å². The number of alkyl halides is 1. The van der Waals surface area contributed by atoms with E-state index in [4.69, 9.17) is 15.7 Å². The number of aryl methyl sites for hydroxylation is 1. The lowest BCUT2D eigenvalue weighted by Gasteiger charge is -2.33. The Kier molecular flexibility index (Phi) is 6.85. The maximum atomic E-state index is 14.0. The summed E-state index contributed by atoms with van der Waals surface area (Å²) >= 11 is 0. The van der Waals surface area contributed by atoms with Gasteiger partial charge in [0.15, 0.2) is 11.5 Å². The van der Waals surface area contributed by atoms with Crippen molar-refractivity contribution in [2.75, 3.05) is 36.8 Å². The third-order valence-corrected chi connectivity index (χ3v) is 8.90. The summed E-state index contributed by atoms with van der Waals surface area (Å²) in [6.07, 6.45) is 6.63. The zero-order valence-electron chi connectivity index (χ0n) is 23.5. The van der Waals surface area contributed by atoms with Crippen LogP contribution >= 0.6 is 0 Å². The summed E-state index contributed by atoms with van der Waals surface area (Å²) in [5.41, 5.74) is 12.1. The predicted octanol–water partition coefficient (Wildman–Crippen LogP) is 4.37. The van der Waals surface area contributed by atoms with E-state index in [9.17, 15) is 9.18 Å². The Hall–Kier alpha value is -4.31. The number of fused-ring (bicyclic) bond motifs is 2. The van der Waals surface area contributed by atoms with Gasteiger partial charge in [-0.1, -0.05) is 12.6 Å². The van der Waals surface area contributed by atoms with Crippen molar-refractivity contribution in [3.63, 3.8) is 0 Å². The molecule has 2 fully saturated rings. The molecule has 1 amide bonds. The predicted molar refractivity (Wildman–Crippen MR) is 162 cm³/mol. The number of anilines is 2. The Morgan fingerprint density at radius 1 is 1.07 bits per heavy atom. The first-order valence-electron chi connectivity index (χ1n) is 14.8. The average Bonchev–Trinajstić information content (AvgIpc) is 3.73. The number of nitrogen functional groups attached to an aromatic ring is 1. The maximum absolute atomic E-state index is 14.0. The van der Waals surface area contributed by atoms with Crippen LogP contribution in [0.25, 0.3) is 28.2 Å². The van der Waals surface area contributed by atoms with E-state index in [0.29, 0.717) is 42.8 Å². The minimum absolute atomic E-state index is 0.0141. The molecule has 1 unspecified atom stereocenters. The molecule has 1 aliphatic carbocycles. The number of benzene rings is 1. The number of halogens is 1. The topological polar surface area (TPSA) is 105 Å². The highest BCUT2D eigenvalue weighted by molar-refractivity contribution is 5.87. The van der Waals surface area contributed by atoms with Crippen LogP contribution in [-0.4, -0.2) is 68.7 Å². The third-order valence-electron chi connectivity index (χ3n) is 8.90. The second kappa shape index (κ2) is 10.8. The van der Waals surface area contributed by atoms with Gasteiger partial charge >= 0.3 is 0 Å². The summed E-state index contributed by atoms with van der Waals surface area (Å²) in [6, 6.07) is 14.9. The second-order valence-electron chi connectivity index (χ2n) is 11.5. The van der Waals surface area contributed by atoms with Crippen molar-refractivity contribution < 1.29 is 9.18 Å². The number of hydrogen-bond donors (Lipinski definition) is 2. The van der Waals surface area contributed by atoms with Gasteiger partial charge in [-0.05, 0) is 85.7 Å². The van der Waals surface area contributed by atoms with Crippen molar-refractivity contribution in [2.24, 2.45) is 0 Å². The van der Waals surface area contributed by atoms with Crippen LogP contribution in [0.15, 0.2) is 61.3 Å². The molecule has 3 N–H and O–H groups in total. The molecule has 3 aliphatic rings. The van der Waals surface area contributed by atoms with E-state index in [-0.39, 0.29) is 11.9 Å². The molecule has 0 bridgehead atoms. The van der Waals surface area contributed by atoms with Crippen LogP contribution in [0.4, 0.5) is 16.0 Å². The molecule has 5 heterocycles. The number of pyridine rings is 2. The molecule has 216 valence electrons. The van der Waals surface area contributed by atoms with Crippen molar-refractivity contribution >= 4 is 28.7 Å². The molecule has 10 heteroatoms. The Labute approximate surface area is 244 Å². The monoisotopic (exact) mass is 566 g/mol. The Morgan fingerprint density at radius 3 is 2.69 bits per heavy atom. The highest BCUT2D eigenvalue weighted by atomic mass is 19.1. The smallest absolute Gasteiger partial charge is 0.245 e. The summed E-state index contributed by atoms with van der Waals surface area (Å²) in [4.78, 5) is 30.1. The number of carbonyl (C=O) groups is 1. The van der Waals surface area contributed by atoms with Crippen LogP contribution in [0, 0.1) is 0 Å². The molecule has 2 aliphatic heterocycles. The maximum Gasteiger partial charge on any atom is 0.245 e. The van der Waals surface area contributed by atoms with E-state index in [1.54, 1.807) is 6.20 Å². The number of amides is 1. The summed E-state index contributed by atoms with van der Waals surface area (Å²) in [7, 11) is 0. The van der Waals surface area contributed by atoms with Crippen molar-refractivity contribution in [1.82, 2.24) is 29.7 Å². The van der Waals surface area contributed by atoms with Gasteiger partial charge in [-0.2, -0.15) is 0 Å². The van der Waals surface area contributed by atoms with Crippen LogP contribution in [0.1, 0.15) is 42.9 Å². The van der Waals surface area contributed by atoms with E-state index >= 15 is 0 Å². The van der Waals surface area contributed by atoms with Gasteiger partial charge in [0.05, 0.1) is 12.1 Å². The van der Waals surface area contributed by atoms with Gasteiger partial charge in [0.25, 0.3) is 0 Å². The molecule has 42 heavy (non-hydrogen) atoms. The number of carbonyl (C=O) groups excluding carboxylic acids is 1. The number of nitrogens with two attached hydrogens (primary N) is 1. The largest absolute Gasteiger partial charge is 0.383 e. The number of imidazole rings is 1. The molecule has 2 saturated heterocycles. The molecule has 9 nitrogen and oxygen atoms in total.